The fraction of sp³-hybridized carbons (Fsp3) is 1.00. The Hall–Kier alpha value is -0.130. The highest BCUT2D eigenvalue weighted by atomic mass is 32.2. The van der Waals surface area contributed by atoms with E-state index in [1.807, 2.05) is 13.8 Å². The average molecular weight is 263 g/mol. The predicted octanol–water partition coefficient (Wildman–Crippen LogP) is 1.50. The lowest BCUT2D eigenvalue weighted by Gasteiger charge is -2.38. The largest absolute Gasteiger partial charge is 0.394 e. The van der Waals surface area contributed by atoms with Crippen molar-refractivity contribution in [1.82, 2.24) is 4.72 Å². The first-order chi connectivity index (χ1) is 7.79. The van der Waals surface area contributed by atoms with Gasteiger partial charge < -0.3 is 5.11 Å². The molecule has 1 aliphatic carbocycles. The SMILES string of the molecule is CC(C)CS(=O)(=O)NC1(CO)CCC(C)CC1. The molecule has 2 N–H and O–H groups in total. The maximum absolute atomic E-state index is 11.9. The van der Waals surface area contributed by atoms with Crippen LogP contribution in [0.3, 0.4) is 0 Å². The van der Waals surface area contributed by atoms with Crippen LogP contribution in [0.1, 0.15) is 46.5 Å². The van der Waals surface area contributed by atoms with Gasteiger partial charge in [0.2, 0.25) is 10.0 Å². The number of hydrogen-bond acceptors (Lipinski definition) is 3. The average Bonchev–Trinajstić information content (AvgIpc) is 2.19. The summed E-state index contributed by atoms with van der Waals surface area (Å²) in [4.78, 5) is 0. The van der Waals surface area contributed by atoms with Crippen LogP contribution in [0.5, 0.6) is 0 Å². The number of rotatable bonds is 5. The molecule has 0 spiro atoms. The van der Waals surface area contributed by atoms with E-state index in [9.17, 15) is 13.5 Å². The van der Waals surface area contributed by atoms with Crippen LogP contribution < -0.4 is 4.72 Å². The van der Waals surface area contributed by atoms with Crippen LogP contribution in [-0.2, 0) is 10.0 Å². The number of aliphatic hydroxyl groups excluding tert-OH is 1. The van der Waals surface area contributed by atoms with E-state index in [2.05, 4.69) is 11.6 Å². The fourth-order valence-electron chi connectivity index (χ4n) is 2.42. The van der Waals surface area contributed by atoms with Crippen LogP contribution in [0.4, 0.5) is 0 Å². The van der Waals surface area contributed by atoms with E-state index >= 15 is 0 Å². The molecule has 0 saturated heterocycles. The van der Waals surface area contributed by atoms with Gasteiger partial charge in [0, 0.05) is 0 Å². The highest BCUT2D eigenvalue weighted by Gasteiger charge is 2.37. The molecule has 0 aromatic carbocycles. The zero-order valence-electron chi connectivity index (χ0n) is 11.1. The van der Waals surface area contributed by atoms with Crippen molar-refractivity contribution in [3.63, 3.8) is 0 Å². The Morgan fingerprint density at radius 2 is 1.88 bits per heavy atom. The minimum Gasteiger partial charge on any atom is -0.394 e. The highest BCUT2D eigenvalue weighted by molar-refractivity contribution is 7.89. The van der Waals surface area contributed by atoms with Gasteiger partial charge in [0.05, 0.1) is 17.9 Å². The van der Waals surface area contributed by atoms with Crippen molar-refractivity contribution in [3.8, 4) is 0 Å². The van der Waals surface area contributed by atoms with Gasteiger partial charge >= 0.3 is 0 Å². The normalized spacial score (nSPS) is 30.8. The Morgan fingerprint density at radius 3 is 2.29 bits per heavy atom. The third-order valence-corrected chi connectivity index (χ3v) is 5.31. The molecule has 102 valence electrons. The van der Waals surface area contributed by atoms with Crippen LogP contribution in [0.15, 0.2) is 0 Å². The first-order valence-corrected chi connectivity index (χ1v) is 8.06. The van der Waals surface area contributed by atoms with E-state index in [-0.39, 0.29) is 18.3 Å². The molecule has 0 bridgehead atoms. The molecule has 0 heterocycles. The summed E-state index contributed by atoms with van der Waals surface area (Å²) in [6.07, 6.45) is 3.43. The van der Waals surface area contributed by atoms with Crippen molar-refractivity contribution in [2.75, 3.05) is 12.4 Å². The van der Waals surface area contributed by atoms with Gasteiger partial charge in [-0.05, 0) is 37.5 Å². The third kappa shape index (κ3) is 4.56. The monoisotopic (exact) mass is 263 g/mol. The van der Waals surface area contributed by atoms with Gasteiger partial charge in [0.25, 0.3) is 0 Å². The van der Waals surface area contributed by atoms with E-state index in [0.717, 1.165) is 25.7 Å². The molecule has 1 fully saturated rings. The van der Waals surface area contributed by atoms with E-state index in [0.29, 0.717) is 5.92 Å². The van der Waals surface area contributed by atoms with Crippen LogP contribution >= 0.6 is 0 Å². The Kier molecular flexibility index (Phi) is 4.98. The lowest BCUT2D eigenvalue weighted by Crippen LogP contribution is -2.54. The third-order valence-electron chi connectivity index (χ3n) is 3.46. The summed E-state index contributed by atoms with van der Waals surface area (Å²) >= 11 is 0. The molecule has 0 aromatic heterocycles. The molecule has 0 amide bonds. The zero-order chi connectivity index (χ0) is 13.1. The number of aliphatic hydroxyl groups is 1. The van der Waals surface area contributed by atoms with E-state index in [4.69, 9.17) is 0 Å². The Morgan fingerprint density at radius 1 is 1.35 bits per heavy atom. The number of nitrogens with one attached hydrogen (secondary N) is 1. The van der Waals surface area contributed by atoms with Gasteiger partial charge in [-0.1, -0.05) is 20.8 Å². The molecule has 5 heteroatoms. The quantitative estimate of drug-likeness (QED) is 0.790. The van der Waals surface area contributed by atoms with Crippen molar-refractivity contribution >= 4 is 10.0 Å². The predicted molar refractivity (Wildman–Crippen MR) is 69.2 cm³/mol. The summed E-state index contributed by atoms with van der Waals surface area (Å²) in [5.74, 6) is 0.861. The lowest BCUT2D eigenvalue weighted by molar-refractivity contribution is 0.125. The Balaban J connectivity index is 2.69. The van der Waals surface area contributed by atoms with Crippen LogP contribution in [-0.4, -0.2) is 31.4 Å². The first-order valence-electron chi connectivity index (χ1n) is 6.41. The standard InChI is InChI=1S/C12H25NO3S/c1-10(2)8-17(15,16)13-12(9-14)6-4-11(3)5-7-12/h10-11,13-14H,4-9H2,1-3H3. The van der Waals surface area contributed by atoms with E-state index < -0.39 is 15.6 Å². The molecule has 0 radical (unpaired) electrons. The molecule has 1 aliphatic rings. The van der Waals surface area contributed by atoms with Crippen molar-refractivity contribution in [3.05, 3.63) is 0 Å². The van der Waals surface area contributed by atoms with Gasteiger partial charge in [0.1, 0.15) is 0 Å². The Bertz CT molecular complexity index is 330. The van der Waals surface area contributed by atoms with Crippen molar-refractivity contribution in [1.29, 1.82) is 0 Å². The lowest BCUT2D eigenvalue weighted by atomic mass is 9.78. The molecule has 0 aliphatic heterocycles. The molecule has 0 aromatic rings. The molecule has 4 nitrogen and oxygen atoms in total. The number of sulfonamides is 1. The van der Waals surface area contributed by atoms with Crippen molar-refractivity contribution in [2.24, 2.45) is 11.8 Å². The molecular formula is C12H25NO3S. The Labute approximate surface area is 105 Å². The van der Waals surface area contributed by atoms with Crippen molar-refractivity contribution in [2.45, 2.75) is 52.0 Å². The molecule has 0 atom stereocenters. The summed E-state index contributed by atoms with van der Waals surface area (Å²) in [7, 11) is -3.28. The molecule has 1 saturated carbocycles. The van der Waals surface area contributed by atoms with E-state index in [1.54, 1.807) is 0 Å². The van der Waals surface area contributed by atoms with E-state index in [1.165, 1.54) is 0 Å². The molecular weight excluding hydrogens is 238 g/mol. The van der Waals surface area contributed by atoms with Gasteiger partial charge in [-0.2, -0.15) is 0 Å². The van der Waals surface area contributed by atoms with Crippen LogP contribution in [0, 0.1) is 11.8 Å². The van der Waals surface area contributed by atoms with Crippen molar-refractivity contribution < 1.29 is 13.5 Å². The summed E-state index contributed by atoms with van der Waals surface area (Å²) in [6, 6.07) is 0. The topological polar surface area (TPSA) is 66.4 Å². The maximum atomic E-state index is 11.9. The van der Waals surface area contributed by atoms with Crippen LogP contribution in [0.2, 0.25) is 0 Å². The van der Waals surface area contributed by atoms with Gasteiger partial charge in [0.15, 0.2) is 0 Å². The molecule has 1 rings (SSSR count). The minimum atomic E-state index is -3.28. The fourth-order valence-corrected chi connectivity index (χ4v) is 4.31. The highest BCUT2D eigenvalue weighted by Crippen LogP contribution is 2.32. The second-order valence-corrected chi connectivity index (χ2v) is 7.67. The van der Waals surface area contributed by atoms with Gasteiger partial charge in [-0.3, -0.25) is 0 Å². The van der Waals surface area contributed by atoms with Gasteiger partial charge in [-0.25, -0.2) is 13.1 Å². The first kappa shape index (κ1) is 14.9. The summed E-state index contributed by atoms with van der Waals surface area (Å²) in [5.41, 5.74) is -0.611. The molecule has 0 unspecified atom stereocenters. The maximum Gasteiger partial charge on any atom is 0.212 e. The minimum absolute atomic E-state index is 0.100. The second kappa shape index (κ2) is 5.67. The summed E-state index contributed by atoms with van der Waals surface area (Å²) in [6.45, 7) is 5.84. The van der Waals surface area contributed by atoms with Gasteiger partial charge in [-0.15, -0.1) is 0 Å². The smallest absolute Gasteiger partial charge is 0.212 e. The summed E-state index contributed by atoms with van der Waals surface area (Å²) < 4.78 is 26.6. The summed E-state index contributed by atoms with van der Waals surface area (Å²) in [5, 5.41) is 9.50. The molecule has 17 heavy (non-hydrogen) atoms. The second-order valence-electron chi connectivity index (χ2n) is 5.90. The zero-order valence-corrected chi connectivity index (χ0v) is 11.9. The van der Waals surface area contributed by atoms with Crippen LogP contribution in [0.25, 0.3) is 0 Å². The number of hydrogen-bond donors (Lipinski definition) is 2.